The van der Waals surface area contributed by atoms with Gasteiger partial charge >= 0.3 is 0 Å². The van der Waals surface area contributed by atoms with Crippen LogP contribution in [0.2, 0.25) is 0 Å². The normalized spacial score (nSPS) is 19.9. The first-order chi connectivity index (χ1) is 17.4. The van der Waals surface area contributed by atoms with Gasteiger partial charge in [0.25, 0.3) is 0 Å². The highest BCUT2D eigenvalue weighted by molar-refractivity contribution is 6.20. The van der Waals surface area contributed by atoms with Crippen LogP contribution in [0, 0.1) is 23.2 Å². The third-order valence-electron chi connectivity index (χ3n) is 7.42. The Morgan fingerprint density at radius 1 is 1.11 bits per heavy atom. The van der Waals surface area contributed by atoms with E-state index in [2.05, 4.69) is 88.2 Å². The fraction of sp³-hybridized carbons (Fsp3) is 0.500. The number of nitrogens with zero attached hydrogens (tertiary/aromatic N) is 3. The first-order valence-electron chi connectivity index (χ1n) is 13.3. The first kappa shape index (κ1) is 28.8. The Morgan fingerprint density at radius 2 is 1.70 bits per heavy atom. The van der Waals surface area contributed by atoms with E-state index in [1.165, 1.54) is 5.56 Å². The molecular weight excluding hydrogens is 478 g/mol. The summed E-state index contributed by atoms with van der Waals surface area (Å²) >= 11 is 6.26. The summed E-state index contributed by atoms with van der Waals surface area (Å²) in [6.45, 7) is 16.3. The van der Waals surface area contributed by atoms with Gasteiger partial charge in [-0.2, -0.15) is 9.77 Å². The first-order valence-corrected chi connectivity index (χ1v) is 13.7. The van der Waals surface area contributed by atoms with E-state index in [1.54, 1.807) is 6.08 Å². The molecular formula is C32H42ClN3O. The van der Waals surface area contributed by atoms with Gasteiger partial charge in [0.2, 0.25) is 0 Å². The standard InChI is InChI=1S/C32H42ClN3O/c1-8-12-24-21-36(30(35-33)26(24)17-22-13-10-9-11-14-22)20-23(15-16-34)25-18-27(31(2,3)4)29(37)28(19-25)32(5,6)7/h9-11,13-15,18-19,24,26,37H,8,12,17,20-21H2,1-7H3/b23-15-,35-30?/t24-,26+/m0/s1. The number of halogens is 1. The predicted molar refractivity (Wildman–Crippen MR) is 156 cm³/mol. The summed E-state index contributed by atoms with van der Waals surface area (Å²) in [6.07, 6.45) is 4.73. The Labute approximate surface area is 228 Å². The van der Waals surface area contributed by atoms with Crippen LogP contribution in [0.4, 0.5) is 0 Å². The lowest BCUT2D eigenvalue weighted by Gasteiger charge is -2.29. The number of phenolic OH excluding ortho intramolecular Hbond substituents is 1. The minimum absolute atomic E-state index is 0.235. The van der Waals surface area contributed by atoms with Crippen LogP contribution in [0.3, 0.4) is 0 Å². The molecule has 0 unspecified atom stereocenters. The van der Waals surface area contributed by atoms with Crippen LogP contribution >= 0.6 is 11.8 Å². The predicted octanol–water partition coefficient (Wildman–Crippen LogP) is 8.04. The largest absolute Gasteiger partial charge is 0.507 e. The lowest BCUT2D eigenvalue weighted by molar-refractivity contribution is 0.373. The third-order valence-corrected chi connectivity index (χ3v) is 7.59. The summed E-state index contributed by atoms with van der Waals surface area (Å²) in [6, 6.07) is 16.9. The number of likely N-dealkylation sites (tertiary alicyclic amines) is 1. The maximum Gasteiger partial charge on any atom is 0.123 e. The monoisotopic (exact) mass is 519 g/mol. The Hall–Kier alpha value is -2.77. The number of amidine groups is 1. The maximum atomic E-state index is 11.2. The van der Waals surface area contributed by atoms with E-state index in [1.807, 2.05) is 18.2 Å². The van der Waals surface area contributed by atoms with Crippen LogP contribution in [0.1, 0.15) is 83.6 Å². The van der Waals surface area contributed by atoms with Crippen LogP contribution in [-0.4, -0.2) is 28.9 Å². The molecule has 0 bridgehead atoms. The van der Waals surface area contributed by atoms with Gasteiger partial charge in [-0.25, -0.2) is 0 Å². The molecule has 198 valence electrons. The summed E-state index contributed by atoms with van der Waals surface area (Å²) in [5.74, 6) is 1.92. The van der Waals surface area contributed by atoms with Crippen molar-refractivity contribution in [1.82, 2.24) is 4.90 Å². The van der Waals surface area contributed by atoms with Crippen molar-refractivity contribution >= 4 is 23.2 Å². The van der Waals surface area contributed by atoms with Gasteiger partial charge in [-0.15, -0.1) is 0 Å². The van der Waals surface area contributed by atoms with Crippen molar-refractivity contribution in [3.63, 3.8) is 0 Å². The molecule has 0 spiro atoms. The molecule has 1 N–H and O–H groups in total. The minimum atomic E-state index is -0.249. The molecule has 0 saturated carbocycles. The zero-order valence-corrected chi connectivity index (χ0v) is 24.2. The Kier molecular flexibility index (Phi) is 9.13. The number of rotatable bonds is 7. The fourth-order valence-corrected chi connectivity index (χ4v) is 5.70. The van der Waals surface area contributed by atoms with E-state index in [4.69, 9.17) is 11.8 Å². The SMILES string of the molecule is CCC[C@H]1CN(C/C(=C/C#N)c2cc(C(C)(C)C)c(O)c(C(C)(C)C)c2)C(=NCl)[C@@H]1Cc1ccccc1. The lowest BCUT2D eigenvalue weighted by Crippen LogP contribution is -2.30. The molecule has 0 aromatic heterocycles. The molecule has 1 fully saturated rings. The van der Waals surface area contributed by atoms with Crippen molar-refractivity contribution in [2.24, 2.45) is 16.3 Å². The van der Waals surface area contributed by atoms with Gasteiger partial charge in [-0.1, -0.05) is 85.2 Å². The smallest absolute Gasteiger partial charge is 0.123 e. The molecule has 1 saturated heterocycles. The van der Waals surface area contributed by atoms with Crippen LogP contribution in [0.15, 0.2) is 53.1 Å². The highest BCUT2D eigenvalue weighted by Crippen LogP contribution is 2.42. The van der Waals surface area contributed by atoms with Gasteiger partial charge in [0.15, 0.2) is 0 Å². The number of aromatic hydroxyl groups is 1. The van der Waals surface area contributed by atoms with E-state index in [0.717, 1.165) is 53.9 Å². The Bertz CT molecular complexity index is 1140. The lowest BCUT2D eigenvalue weighted by atomic mass is 9.77. The average Bonchev–Trinajstić information content (AvgIpc) is 3.13. The summed E-state index contributed by atoms with van der Waals surface area (Å²) < 4.78 is 4.28. The van der Waals surface area contributed by atoms with Crippen molar-refractivity contribution in [1.29, 1.82) is 5.26 Å². The van der Waals surface area contributed by atoms with Gasteiger partial charge in [0, 0.05) is 48.0 Å². The van der Waals surface area contributed by atoms with Crippen LogP contribution in [-0.2, 0) is 17.3 Å². The molecule has 1 aliphatic heterocycles. The van der Waals surface area contributed by atoms with Crippen molar-refractivity contribution in [2.75, 3.05) is 13.1 Å². The zero-order valence-electron chi connectivity index (χ0n) is 23.5. The molecule has 4 nitrogen and oxygen atoms in total. The zero-order chi connectivity index (χ0) is 27.4. The molecule has 37 heavy (non-hydrogen) atoms. The van der Waals surface area contributed by atoms with Crippen molar-refractivity contribution in [3.8, 4) is 11.8 Å². The maximum absolute atomic E-state index is 11.2. The van der Waals surface area contributed by atoms with Gasteiger partial charge < -0.3 is 10.0 Å². The van der Waals surface area contributed by atoms with Crippen molar-refractivity contribution in [3.05, 3.63) is 70.8 Å². The molecule has 0 radical (unpaired) electrons. The molecule has 0 amide bonds. The number of hydrogen-bond acceptors (Lipinski definition) is 3. The van der Waals surface area contributed by atoms with Gasteiger partial charge in [0.1, 0.15) is 11.6 Å². The molecule has 1 heterocycles. The number of benzene rings is 2. The molecule has 2 atom stereocenters. The van der Waals surface area contributed by atoms with E-state index >= 15 is 0 Å². The van der Waals surface area contributed by atoms with Gasteiger partial charge in [-0.05, 0) is 58.4 Å². The molecule has 2 aromatic carbocycles. The van der Waals surface area contributed by atoms with E-state index in [0.29, 0.717) is 18.2 Å². The van der Waals surface area contributed by atoms with Gasteiger partial charge in [0.05, 0.1) is 6.07 Å². The number of hydrogen-bond donors (Lipinski definition) is 1. The molecule has 1 aliphatic rings. The average molecular weight is 520 g/mol. The number of nitriles is 1. The second-order valence-electron chi connectivity index (χ2n) is 12.4. The third kappa shape index (κ3) is 6.76. The Balaban J connectivity index is 2.03. The summed E-state index contributed by atoms with van der Waals surface area (Å²) in [7, 11) is 0. The fourth-order valence-electron chi connectivity index (χ4n) is 5.47. The number of phenols is 1. The number of allylic oxidation sites excluding steroid dienone is 1. The Morgan fingerprint density at radius 3 is 2.19 bits per heavy atom. The molecule has 2 aromatic rings. The van der Waals surface area contributed by atoms with Crippen LogP contribution in [0.25, 0.3) is 5.57 Å². The topological polar surface area (TPSA) is 59.6 Å². The van der Waals surface area contributed by atoms with Crippen molar-refractivity contribution in [2.45, 2.75) is 78.6 Å². The van der Waals surface area contributed by atoms with Gasteiger partial charge in [-0.3, -0.25) is 0 Å². The van der Waals surface area contributed by atoms with E-state index in [-0.39, 0.29) is 16.7 Å². The van der Waals surface area contributed by atoms with E-state index in [9.17, 15) is 10.4 Å². The quantitative estimate of drug-likeness (QED) is 0.376. The molecule has 0 aliphatic carbocycles. The molecule has 3 rings (SSSR count). The van der Waals surface area contributed by atoms with Crippen molar-refractivity contribution < 1.29 is 5.11 Å². The highest BCUT2D eigenvalue weighted by Gasteiger charge is 2.38. The second kappa shape index (κ2) is 11.7. The highest BCUT2D eigenvalue weighted by atomic mass is 35.5. The summed E-state index contributed by atoms with van der Waals surface area (Å²) in [5.41, 5.74) is 4.43. The summed E-state index contributed by atoms with van der Waals surface area (Å²) in [4.78, 5) is 2.25. The van der Waals surface area contributed by atoms with Crippen LogP contribution < -0.4 is 0 Å². The second-order valence-corrected chi connectivity index (χ2v) is 12.6. The van der Waals surface area contributed by atoms with E-state index < -0.39 is 0 Å². The molecule has 5 heteroatoms. The van der Waals surface area contributed by atoms with Crippen LogP contribution in [0.5, 0.6) is 5.75 Å². The minimum Gasteiger partial charge on any atom is -0.507 e. The summed E-state index contributed by atoms with van der Waals surface area (Å²) in [5, 5.41) is 20.9.